The van der Waals surface area contributed by atoms with Gasteiger partial charge < -0.3 is 10.5 Å². The molecule has 1 aromatic rings. The van der Waals surface area contributed by atoms with Crippen LogP contribution in [0.2, 0.25) is 0 Å². The normalized spacial score (nSPS) is 11.1. The summed E-state index contributed by atoms with van der Waals surface area (Å²) in [6.07, 6.45) is 1.54. The molecule has 0 radical (unpaired) electrons. The lowest BCUT2D eigenvalue weighted by Crippen LogP contribution is -2.06. The van der Waals surface area contributed by atoms with E-state index in [2.05, 4.69) is 13.8 Å². The molecule has 0 aliphatic carbocycles. The Morgan fingerprint density at radius 1 is 1.21 bits per heavy atom. The first kappa shape index (κ1) is 15.5. The summed E-state index contributed by atoms with van der Waals surface area (Å²) in [5.41, 5.74) is 7.14. The number of carbonyl (C=O) groups is 1. The summed E-state index contributed by atoms with van der Waals surface area (Å²) in [6, 6.07) is 5.31. The maximum Gasteiger partial charge on any atom is 0.163 e. The minimum atomic E-state index is 0.135. The molecule has 1 aromatic carbocycles. The third-order valence-corrected chi connectivity index (χ3v) is 2.88. The predicted octanol–water partition coefficient (Wildman–Crippen LogP) is 3.92. The molecule has 0 fully saturated rings. The number of benzene rings is 1. The Labute approximate surface area is 116 Å². The summed E-state index contributed by atoms with van der Waals surface area (Å²) >= 11 is 0. The van der Waals surface area contributed by atoms with Gasteiger partial charge in [0.1, 0.15) is 5.75 Å². The molecule has 0 saturated carbocycles. The minimum Gasteiger partial charge on any atom is -0.491 e. The Morgan fingerprint density at radius 3 is 2.42 bits per heavy atom. The Bertz CT molecular complexity index is 425. The predicted molar refractivity (Wildman–Crippen MR) is 79.6 cm³/mol. The molecule has 0 heterocycles. The van der Waals surface area contributed by atoms with Crippen LogP contribution in [0.15, 0.2) is 18.2 Å². The van der Waals surface area contributed by atoms with Crippen LogP contribution in [0.5, 0.6) is 5.75 Å². The first-order valence-electron chi connectivity index (χ1n) is 6.95. The monoisotopic (exact) mass is 263 g/mol. The Kier molecular flexibility index (Phi) is 5.87. The van der Waals surface area contributed by atoms with Crippen LogP contribution in [0.4, 0.5) is 5.69 Å². The SMILES string of the molecule is CC(C)CCOc1ccc(C(=O)CC(C)C)cc1N. The van der Waals surface area contributed by atoms with Gasteiger partial charge in [-0.2, -0.15) is 0 Å². The van der Waals surface area contributed by atoms with E-state index in [9.17, 15) is 4.79 Å². The minimum absolute atomic E-state index is 0.135. The molecule has 0 atom stereocenters. The molecule has 1 rings (SSSR count). The molecule has 0 spiro atoms. The molecule has 0 bridgehead atoms. The number of rotatable bonds is 7. The lowest BCUT2D eigenvalue weighted by atomic mass is 10.0. The van der Waals surface area contributed by atoms with Crippen molar-refractivity contribution in [2.45, 2.75) is 40.5 Å². The average molecular weight is 263 g/mol. The number of nitrogens with two attached hydrogens (primary N) is 1. The van der Waals surface area contributed by atoms with Gasteiger partial charge in [0.2, 0.25) is 0 Å². The van der Waals surface area contributed by atoms with Gasteiger partial charge in [-0.3, -0.25) is 4.79 Å². The van der Waals surface area contributed by atoms with Crippen LogP contribution in [-0.2, 0) is 0 Å². The lowest BCUT2D eigenvalue weighted by molar-refractivity contribution is 0.0968. The maximum atomic E-state index is 11.9. The van der Waals surface area contributed by atoms with Crippen molar-refractivity contribution in [1.82, 2.24) is 0 Å². The van der Waals surface area contributed by atoms with Gasteiger partial charge in [0.15, 0.2) is 5.78 Å². The van der Waals surface area contributed by atoms with Crippen LogP contribution in [0.1, 0.15) is 50.9 Å². The highest BCUT2D eigenvalue weighted by molar-refractivity contribution is 5.97. The maximum absolute atomic E-state index is 11.9. The van der Waals surface area contributed by atoms with E-state index in [0.29, 0.717) is 41.9 Å². The first-order valence-corrected chi connectivity index (χ1v) is 6.95. The van der Waals surface area contributed by atoms with Gasteiger partial charge in [-0.05, 0) is 36.5 Å². The van der Waals surface area contributed by atoms with E-state index in [1.807, 2.05) is 13.8 Å². The highest BCUT2D eigenvalue weighted by atomic mass is 16.5. The van der Waals surface area contributed by atoms with Crippen molar-refractivity contribution >= 4 is 11.5 Å². The largest absolute Gasteiger partial charge is 0.491 e. The fourth-order valence-electron chi connectivity index (χ4n) is 1.75. The quantitative estimate of drug-likeness (QED) is 0.599. The van der Waals surface area contributed by atoms with Gasteiger partial charge >= 0.3 is 0 Å². The average Bonchev–Trinajstić information content (AvgIpc) is 2.29. The molecule has 106 valence electrons. The second-order valence-electron chi connectivity index (χ2n) is 5.80. The summed E-state index contributed by atoms with van der Waals surface area (Å²) in [4.78, 5) is 11.9. The van der Waals surface area contributed by atoms with Crippen LogP contribution in [0.25, 0.3) is 0 Å². The number of hydrogen-bond donors (Lipinski definition) is 1. The van der Waals surface area contributed by atoms with Gasteiger partial charge in [0.05, 0.1) is 12.3 Å². The third kappa shape index (κ3) is 5.33. The van der Waals surface area contributed by atoms with E-state index in [4.69, 9.17) is 10.5 Å². The third-order valence-electron chi connectivity index (χ3n) is 2.88. The fourth-order valence-corrected chi connectivity index (χ4v) is 1.75. The molecule has 3 nitrogen and oxygen atoms in total. The number of hydrogen-bond acceptors (Lipinski definition) is 3. The lowest BCUT2D eigenvalue weighted by Gasteiger charge is -2.11. The van der Waals surface area contributed by atoms with Crippen LogP contribution in [0.3, 0.4) is 0 Å². The molecule has 3 heteroatoms. The highest BCUT2D eigenvalue weighted by Crippen LogP contribution is 2.24. The molecule has 0 saturated heterocycles. The molecule has 0 aromatic heterocycles. The number of ether oxygens (including phenoxy) is 1. The van der Waals surface area contributed by atoms with E-state index >= 15 is 0 Å². The van der Waals surface area contributed by atoms with Crippen LogP contribution >= 0.6 is 0 Å². The summed E-state index contributed by atoms with van der Waals surface area (Å²) in [6.45, 7) is 9.03. The second-order valence-corrected chi connectivity index (χ2v) is 5.80. The molecule has 0 aliphatic rings. The van der Waals surface area contributed by atoms with Gasteiger partial charge in [-0.25, -0.2) is 0 Å². The molecule has 0 aliphatic heterocycles. The number of anilines is 1. The number of carbonyl (C=O) groups excluding carboxylic acids is 1. The fraction of sp³-hybridized carbons (Fsp3) is 0.562. The zero-order chi connectivity index (χ0) is 14.4. The van der Waals surface area contributed by atoms with E-state index < -0.39 is 0 Å². The number of Topliss-reactive ketones (excluding diaryl/α,β-unsaturated/α-hetero) is 1. The van der Waals surface area contributed by atoms with Crippen molar-refractivity contribution in [3.8, 4) is 5.75 Å². The van der Waals surface area contributed by atoms with E-state index in [0.717, 1.165) is 6.42 Å². The summed E-state index contributed by atoms with van der Waals surface area (Å²) in [7, 11) is 0. The molecule has 19 heavy (non-hydrogen) atoms. The molecule has 2 N–H and O–H groups in total. The van der Waals surface area contributed by atoms with Gasteiger partial charge in [-0.1, -0.05) is 27.7 Å². The van der Waals surface area contributed by atoms with Crippen molar-refractivity contribution in [1.29, 1.82) is 0 Å². The van der Waals surface area contributed by atoms with Crippen LogP contribution in [-0.4, -0.2) is 12.4 Å². The number of nitrogen functional groups attached to an aromatic ring is 1. The van der Waals surface area contributed by atoms with E-state index in [1.54, 1.807) is 18.2 Å². The van der Waals surface area contributed by atoms with E-state index in [1.165, 1.54) is 0 Å². The van der Waals surface area contributed by atoms with Crippen molar-refractivity contribution in [2.24, 2.45) is 11.8 Å². The van der Waals surface area contributed by atoms with Crippen molar-refractivity contribution in [3.05, 3.63) is 23.8 Å². The van der Waals surface area contributed by atoms with Crippen molar-refractivity contribution in [2.75, 3.05) is 12.3 Å². The second kappa shape index (κ2) is 7.17. The van der Waals surface area contributed by atoms with Crippen molar-refractivity contribution < 1.29 is 9.53 Å². The number of ketones is 1. The van der Waals surface area contributed by atoms with E-state index in [-0.39, 0.29) is 5.78 Å². The summed E-state index contributed by atoms with van der Waals surface area (Å²) in [5.74, 6) is 1.76. The van der Waals surface area contributed by atoms with Gasteiger partial charge in [0, 0.05) is 12.0 Å². The Morgan fingerprint density at radius 2 is 1.89 bits per heavy atom. The van der Waals surface area contributed by atoms with Crippen molar-refractivity contribution in [3.63, 3.8) is 0 Å². The van der Waals surface area contributed by atoms with Crippen LogP contribution in [0, 0.1) is 11.8 Å². The summed E-state index contributed by atoms with van der Waals surface area (Å²) < 4.78 is 5.63. The Hall–Kier alpha value is -1.51. The smallest absolute Gasteiger partial charge is 0.163 e. The van der Waals surface area contributed by atoms with Crippen LogP contribution < -0.4 is 10.5 Å². The molecule has 0 unspecified atom stereocenters. The topological polar surface area (TPSA) is 52.3 Å². The Balaban J connectivity index is 2.66. The summed E-state index contributed by atoms with van der Waals surface area (Å²) in [5, 5.41) is 0. The molecular formula is C16H25NO2. The van der Waals surface area contributed by atoms with Gasteiger partial charge in [-0.15, -0.1) is 0 Å². The first-order chi connectivity index (χ1) is 8.90. The molecular weight excluding hydrogens is 238 g/mol. The standard InChI is InChI=1S/C16H25NO2/c1-11(2)7-8-19-16-6-5-13(10-14(16)17)15(18)9-12(3)4/h5-6,10-12H,7-9,17H2,1-4H3. The zero-order valence-corrected chi connectivity index (χ0v) is 12.4. The molecule has 0 amide bonds. The van der Waals surface area contributed by atoms with Gasteiger partial charge in [0.25, 0.3) is 0 Å². The highest BCUT2D eigenvalue weighted by Gasteiger charge is 2.10. The zero-order valence-electron chi connectivity index (χ0n) is 12.4.